The van der Waals surface area contributed by atoms with Crippen molar-refractivity contribution < 1.29 is 19.1 Å². The van der Waals surface area contributed by atoms with Crippen LogP contribution in [0.15, 0.2) is 0 Å². The molecule has 1 unspecified atom stereocenters. The maximum atomic E-state index is 13.8. The topological polar surface area (TPSA) is 82.2 Å². The molecule has 4 heterocycles. The van der Waals surface area contributed by atoms with Gasteiger partial charge in [0.25, 0.3) is 0 Å². The second-order valence-corrected chi connectivity index (χ2v) is 13.1. The van der Waals surface area contributed by atoms with Gasteiger partial charge in [0.2, 0.25) is 11.8 Å². The molecule has 8 nitrogen and oxygen atoms in total. The van der Waals surface area contributed by atoms with E-state index in [2.05, 4.69) is 22.0 Å². The molecule has 0 aromatic heterocycles. The average Bonchev–Trinajstić information content (AvgIpc) is 3.18. The molecule has 0 aromatic rings. The van der Waals surface area contributed by atoms with E-state index in [-0.39, 0.29) is 29.4 Å². The van der Waals surface area contributed by atoms with Crippen LogP contribution in [0.2, 0.25) is 0 Å². The summed E-state index contributed by atoms with van der Waals surface area (Å²) in [4.78, 5) is 45.2. The number of likely N-dealkylation sites (tertiary alicyclic amines) is 2. The summed E-state index contributed by atoms with van der Waals surface area (Å²) in [5.74, 6) is 1.33. The molecular formula is C31H52N4O4. The van der Waals surface area contributed by atoms with Gasteiger partial charge in [0.15, 0.2) is 0 Å². The lowest BCUT2D eigenvalue weighted by atomic mass is 9.61. The molecule has 3 amide bonds. The monoisotopic (exact) mass is 544 g/mol. The Labute approximate surface area is 235 Å². The molecule has 1 saturated carbocycles. The summed E-state index contributed by atoms with van der Waals surface area (Å²) in [6.07, 6.45) is 14.6. The van der Waals surface area contributed by atoms with E-state index in [0.717, 1.165) is 90.5 Å². The Kier molecular flexibility index (Phi) is 9.09. The van der Waals surface area contributed by atoms with Crippen LogP contribution in [0.4, 0.5) is 4.79 Å². The van der Waals surface area contributed by atoms with Gasteiger partial charge in [0, 0.05) is 58.4 Å². The van der Waals surface area contributed by atoms with Gasteiger partial charge in [-0.1, -0.05) is 39.0 Å². The van der Waals surface area contributed by atoms with Gasteiger partial charge in [-0.2, -0.15) is 0 Å². The van der Waals surface area contributed by atoms with Crippen molar-refractivity contribution in [3.05, 3.63) is 0 Å². The number of ether oxygens (including phenoxy) is 1. The van der Waals surface area contributed by atoms with Crippen molar-refractivity contribution in [2.75, 3.05) is 45.8 Å². The van der Waals surface area contributed by atoms with Crippen LogP contribution in [-0.2, 0) is 14.3 Å². The van der Waals surface area contributed by atoms with Crippen molar-refractivity contribution >= 4 is 17.9 Å². The summed E-state index contributed by atoms with van der Waals surface area (Å²) in [7, 11) is 0. The van der Waals surface area contributed by atoms with Crippen LogP contribution in [0, 0.1) is 17.8 Å². The smallest absolute Gasteiger partial charge is 0.411 e. The Hall–Kier alpha value is -1.83. The van der Waals surface area contributed by atoms with Crippen molar-refractivity contribution in [3.63, 3.8) is 0 Å². The number of hydrogen-bond donors (Lipinski definition) is 1. The fraction of sp³-hybridized carbons (Fsp3) is 0.903. The van der Waals surface area contributed by atoms with Gasteiger partial charge < -0.3 is 19.9 Å². The predicted molar refractivity (Wildman–Crippen MR) is 151 cm³/mol. The molecule has 5 fully saturated rings. The second-order valence-electron chi connectivity index (χ2n) is 13.1. The summed E-state index contributed by atoms with van der Waals surface area (Å²) < 4.78 is 6.54. The van der Waals surface area contributed by atoms with Gasteiger partial charge in [-0.3, -0.25) is 14.5 Å². The van der Waals surface area contributed by atoms with Crippen molar-refractivity contribution in [1.82, 2.24) is 20.0 Å². The van der Waals surface area contributed by atoms with Gasteiger partial charge in [0.1, 0.15) is 5.60 Å². The van der Waals surface area contributed by atoms with Crippen LogP contribution >= 0.6 is 0 Å². The molecule has 220 valence electrons. The average molecular weight is 545 g/mol. The number of nitrogens with zero attached hydrogens (tertiary/aromatic N) is 3. The lowest BCUT2D eigenvalue weighted by Gasteiger charge is -2.55. The van der Waals surface area contributed by atoms with Crippen LogP contribution in [-0.4, -0.2) is 89.6 Å². The lowest BCUT2D eigenvalue weighted by molar-refractivity contribution is -0.143. The number of amides is 3. The first kappa shape index (κ1) is 28.7. The van der Waals surface area contributed by atoms with E-state index in [9.17, 15) is 14.4 Å². The number of piperidine rings is 3. The molecule has 1 aliphatic carbocycles. The largest absolute Gasteiger partial charge is 0.440 e. The van der Waals surface area contributed by atoms with E-state index in [4.69, 9.17) is 4.74 Å². The number of carbonyl (C=O) groups excluding carboxylic acids is 3. The van der Waals surface area contributed by atoms with Gasteiger partial charge in [-0.05, 0) is 69.9 Å². The minimum atomic E-state index is -0.421. The molecule has 4 aliphatic heterocycles. The summed E-state index contributed by atoms with van der Waals surface area (Å²) in [6, 6.07) is 0. The fourth-order valence-electron chi connectivity index (χ4n) is 8.83. The van der Waals surface area contributed by atoms with E-state index in [0.29, 0.717) is 24.9 Å². The van der Waals surface area contributed by atoms with E-state index in [1.165, 1.54) is 32.1 Å². The maximum absolute atomic E-state index is 13.8. The van der Waals surface area contributed by atoms with Crippen LogP contribution in [0.3, 0.4) is 0 Å². The fourth-order valence-corrected chi connectivity index (χ4v) is 8.83. The van der Waals surface area contributed by atoms with E-state index in [1.807, 2.05) is 4.90 Å². The molecule has 0 aromatic carbocycles. The third kappa shape index (κ3) is 5.56. The van der Waals surface area contributed by atoms with Crippen molar-refractivity contribution in [2.24, 2.45) is 17.8 Å². The zero-order valence-electron chi connectivity index (χ0n) is 24.6. The number of nitrogens with one attached hydrogen (secondary N) is 1. The third-order valence-corrected chi connectivity index (χ3v) is 11.0. The van der Waals surface area contributed by atoms with Crippen LogP contribution in [0.25, 0.3) is 0 Å². The van der Waals surface area contributed by atoms with Crippen LogP contribution in [0.1, 0.15) is 104 Å². The number of hydrogen-bond acceptors (Lipinski definition) is 5. The van der Waals surface area contributed by atoms with Gasteiger partial charge in [0.05, 0.1) is 5.54 Å². The zero-order chi connectivity index (χ0) is 27.5. The Bertz CT molecular complexity index is 868. The predicted octanol–water partition coefficient (Wildman–Crippen LogP) is 4.57. The molecule has 1 spiro atoms. The molecule has 0 radical (unpaired) electrons. The number of unbranched alkanes of at least 4 members (excludes halogenated alkanes) is 1. The summed E-state index contributed by atoms with van der Waals surface area (Å²) >= 11 is 0. The number of carbonyl (C=O) groups is 3. The normalized spacial score (nSPS) is 29.2. The van der Waals surface area contributed by atoms with E-state index >= 15 is 0 Å². The SMILES string of the molecule is CCCCC1(C2CCN(C(=O)C3CCN(C(C)=O)CC3)CC2)N(CC2CCCCC2)C(=O)OC12CCNCC2. The Morgan fingerprint density at radius 1 is 0.923 bits per heavy atom. The molecule has 5 rings (SSSR count). The first-order valence-corrected chi connectivity index (χ1v) is 16.2. The molecule has 4 saturated heterocycles. The highest BCUT2D eigenvalue weighted by atomic mass is 16.6. The third-order valence-electron chi connectivity index (χ3n) is 11.0. The molecule has 0 bridgehead atoms. The summed E-state index contributed by atoms with van der Waals surface area (Å²) in [6.45, 7) is 9.42. The van der Waals surface area contributed by atoms with Crippen molar-refractivity contribution in [3.8, 4) is 0 Å². The zero-order valence-corrected chi connectivity index (χ0v) is 24.6. The standard InChI is InChI=1S/C31H52N4O4/c1-3-4-14-31(27-12-21-34(22-13-27)28(37)26-10-19-33(20-11-26)24(2)36)30(15-17-32-18-16-30)39-29(38)35(31)23-25-8-6-5-7-9-25/h25-27,32H,3-23H2,1-2H3. The van der Waals surface area contributed by atoms with Crippen LogP contribution in [0.5, 0.6) is 0 Å². The van der Waals surface area contributed by atoms with Crippen molar-refractivity contribution in [2.45, 2.75) is 115 Å². The van der Waals surface area contributed by atoms with Gasteiger partial charge >= 0.3 is 6.09 Å². The minimum absolute atomic E-state index is 0.0288. The quantitative estimate of drug-likeness (QED) is 0.508. The van der Waals surface area contributed by atoms with E-state index < -0.39 is 5.60 Å². The highest BCUT2D eigenvalue weighted by Crippen LogP contribution is 2.55. The second kappa shape index (κ2) is 12.4. The molecular weight excluding hydrogens is 492 g/mol. The van der Waals surface area contributed by atoms with Crippen LogP contribution < -0.4 is 5.32 Å². The molecule has 1 N–H and O–H groups in total. The maximum Gasteiger partial charge on any atom is 0.411 e. The Balaban J connectivity index is 1.35. The summed E-state index contributed by atoms with van der Waals surface area (Å²) in [5, 5.41) is 3.52. The minimum Gasteiger partial charge on any atom is -0.440 e. The molecule has 5 aliphatic rings. The highest BCUT2D eigenvalue weighted by molar-refractivity contribution is 5.80. The Morgan fingerprint density at radius 3 is 2.18 bits per heavy atom. The Morgan fingerprint density at radius 2 is 1.56 bits per heavy atom. The first-order chi connectivity index (χ1) is 18.9. The van der Waals surface area contributed by atoms with Crippen molar-refractivity contribution in [1.29, 1.82) is 0 Å². The lowest BCUT2D eigenvalue weighted by Crippen LogP contribution is -2.67. The highest BCUT2D eigenvalue weighted by Gasteiger charge is 2.67. The molecule has 39 heavy (non-hydrogen) atoms. The van der Waals surface area contributed by atoms with Gasteiger partial charge in [-0.15, -0.1) is 0 Å². The summed E-state index contributed by atoms with van der Waals surface area (Å²) in [5.41, 5.74) is -0.697. The number of rotatable bonds is 7. The first-order valence-electron chi connectivity index (χ1n) is 16.2. The van der Waals surface area contributed by atoms with Gasteiger partial charge in [-0.25, -0.2) is 4.79 Å². The molecule has 1 atom stereocenters. The van der Waals surface area contributed by atoms with E-state index in [1.54, 1.807) is 6.92 Å². The molecule has 8 heteroatoms.